The van der Waals surface area contributed by atoms with E-state index in [4.69, 9.17) is 18.3 Å². The van der Waals surface area contributed by atoms with Gasteiger partial charge in [-0.1, -0.05) is 98.5 Å². The number of aliphatic hydroxyl groups is 1. The van der Waals surface area contributed by atoms with Gasteiger partial charge in [-0.05, 0) is 131 Å². The fourth-order valence-electron chi connectivity index (χ4n) is 8.84. The van der Waals surface area contributed by atoms with E-state index in [-0.39, 0.29) is 27.9 Å². The first-order valence-electron chi connectivity index (χ1n) is 19.9. The normalized spacial score (nSPS) is 32.0. The molecule has 5 nitrogen and oxygen atoms in total. The highest BCUT2D eigenvalue weighted by molar-refractivity contribution is 6.74. The standard InChI is InChI=1S/C42H80O5Si2/c1-17-42(43)36(46-48(13,14)38(3,4)5)28-32(29-37(42)47-49(15,16)39(6,7)8)22-23-33-21-19-27-41(11)34(24-25-35(33)41)31(2)20-18-26-40(9,10)45-30-44-12/h22-23,31,34-37,43H,17-21,24-30H2,1-16H3/b32-22?,33-23+/t31-,34?,35?,36-,37-,41?,42?/m1/s1. The second-order valence-electron chi connectivity index (χ2n) is 20.3. The zero-order valence-electron chi connectivity index (χ0n) is 35.1. The average Bonchev–Trinajstić information content (AvgIpc) is 3.33. The molecule has 49 heavy (non-hydrogen) atoms. The minimum atomic E-state index is -2.14. The van der Waals surface area contributed by atoms with E-state index in [1.54, 1.807) is 12.7 Å². The lowest BCUT2D eigenvalue weighted by atomic mass is 9.60. The molecule has 0 saturated heterocycles. The van der Waals surface area contributed by atoms with Crippen molar-refractivity contribution in [2.75, 3.05) is 13.9 Å². The monoisotopic (exact) mass is 721 g/mol. The molecule has 0 spiro atoms. The van der Waals surface area contributed by atoms with Crippen molar-refractivity contribution in [1.82, 2.24) is 0 Å². The molecule has 3 aliphatic rings. The van der Waals surface area contributed by atoms with Crippen molar-refractivity contribution in [3.05, 3.63) is 23.3 Å². The molecule has 0 radical (unpaired) electrons. The highest BCUT2D eigenvalue weighted by Crippen LogP contribution is 2.60. The molecule has 3 saturated carbocycles. The smallest absolute Gasteiger partial charge is 0.192 e. The molecule has 0 aromatic carbocycles. The van der Waals surface area contributed by atoms with Crippen LogP contribution < -0.4 is 0 Å². The fourth-order valence-corrected chi connectivity index (χ4v) is 11.5. The maximum atomic E-state index is 12.5. The van der Waals surface area contributed by atoms with Crippen LogP contribution in [0.5, 0.6) is 0 Å². The summed E-state index contributed by atoms with van der Waals surface area (Å²) in [4.78, 5) is 0. The first kappa shape index (κ1) is 43.1. The van der Waals surface area contributed by atoms with Crippen LogP contribution >= 0.6 is 0 Å². The SMILES string of the molecule is CCC1(O)[C@H](O[Si](C)(C)C(C)(C)C)CC(=C/C=C2\CCCC3(C)C2CCC3[C@H](C)CCCC(C)(C)OCOC)C[C@H]1O[Si](C)(C)C(C)(C)C. The van der Waals surface area contributed by atoms with Crippen molar-refractivity contribution < 1.29 is 23.4 Å². The molecule has 3 aliphatic carbocycles. The van der Waals surface area contributed by atoms with Crippen molar-refractivity contribution in [2.24, 2.45) is 23.2 Å². The van der Waals surface area contributed by atoms with E-state index < -0.39 is 22.2 Å². The topological polar surface area (TPSA) is 57.2 Å². The largest absolute Gasteiger partial charge is 0.411 e. The summed E-state index contributed by atoms with van der Waals surface area (Å²) in [5, 5.41) is 12.6. The zero-order chi connectivity index (χ0) is 37.3. The van der Waals surface area contributed by atoms with Crippen molar-refractivity contribution >= 4 is 16.6 Å². The van der Waals surface area contributed by atoms with E-state index >= 15 is 0 Å². The Morgan fingerprint density at radius 3 is 1.94 bits per heavy atom. The fraction of sp³-hybridized carbons (Fsp3) is 0.905. The molecule has 3 unspecified atom stereocenters. The quantitative estimate of drug-likeness (QED) is 0.143. The highest BCUT2D eigenvalue weighted by Gasteiger charge is 2.54. The molecule has 7 heteroatoms. The molecule has 286 valence electrons. The van der Waals surface area contributed by atoms with Crippen molar-refractivity contribution in [1.29, 1.82) is 0 Å². The van der Waals surface area contributed by atoms with Gasteiger partial charge in [-0.25, -0.2) is 0 Å². The number of rotatable bonds is 14. The van der Waals surface area contributed by atoms with Gasteiger partial charge in [0.2, 0.25) is 0 Å². The van der Waals surface area contributed by atoms with Crippen LogP contribution in [0.1, 0.15) is 147 Å². The zero-order valence-corrected chi connectivity index (χ0v) is 37.1. The van der Waals surface area contributed by atoms with Crippen LogP contribution in [0.15, 0.2) is 23.3 Å². The Labute approximate surface area is 306 Å². The van der Waals surface area contributed by atoms with E-state index in [0.29, 0.717) is 24.5 Å². The van der Waals surface area contributed by atoms with Gasteiger partial charge in [0, 0.05) is 7.11 Å². The predicted octanol–water partition coefficient (Wildman–Crippen LogP) is 12.0. The van der Waals surface area contributed by atoms with Gasteiger partial charge in [0.05, 0.1) is 17.8 Å². The van der Waals surface area contributed by atoms with Crippen LogP contribution in [0.3, 0.4) is 0 Å². The van der Waals surface area contributed by atoms with Crippen LogP contribution in [-0.4, -0.2) is 59.1 Å². The molecule has 0 aromatic heterocycles. The van der Waals surface area contributed by atoms with Crippen LogP contribution in [0.2, 0.25) is 36.3 Å². The minimum Gasteiger partial charge on any atom is -0.411 e. The minimum absolute atomic E-state index is 0.0669. The molecular weight excluding hydrogens is 641 g/mol. The molecule has 0 amide bonds. The molecule has 3 fully saturated rings. The summed E-state index contributed by atoms with van der Waals surface area (Å²) in [6, 6.07) is 0. The summed E-state index contributed by atoms with van der Waals surface area (Å²) in [6.45, 7) is 35.1. The summed E-state index contributed by atoms with van der Waals surface area (Å²) in [7, 11) is -2.58. The summed E-state index contributed by atoms with van der Waals surface area (Å²) in [5.74, 6) is 2.16. The third-order valence-corrected chi connectivity index (χ3v) is 23.3. The third kappa shape index (κ3) is 10.0. The van der Waals surface area contributed by atoms with Crippen molar-refractivity contribution in [3.63, 3.8) is 0 Å². The molecule has 0 aliphatic heterocycles. The number of hydrogen-bond acceptors (Lipinski definition) is 5. The third-order valence-electron chi connectivity index (χ3n) is 14.3. The summed E-state index contributed by atoms with van der Waals surface area (Å²) >= 11 is 0. The molecule has 6 atom stereocenters. The van der Waals surface area contributed by atoms with Gasteiger partial charge in [-0.3, -0.25) is 0 Å². The van der Waals surface area contributed by atoms with Crippen molar-refractivity contribution in [2.45, 2.75) is 206 Å². The Morgan fingerprint density at radius 1 is 0.898 bits per heavy atom. The molecule has 0 heterocycles. The Morgan fingerprint density at radius 2 is 1.45 bits per heavy atom. The van der Waals surface area contributed by atoms with E-state index in [2.05, 4.69) is 115 Å². The second kappa shape index (κ2) is 16.0. The van der Waals surface area contributed by atoms with Crippen molar-refractivity contribution in [3.8, 4) is 0 Å². The lowest BCUT2D eigenvalue weighted by Gasteiger charge is -2.52. The van der Waals surface area contributed by atoms with Gasteiger partial charge < -0.3 is 23.4 Å². The predicted molar refractivity (Wildman–Crippen MR) is 213 cm³/mol. The molecule has 1 N–H and O–H groups in total. The van der Waals surface area contributed by atoms with Crippen LogP contribution in [0.25, 0.3) is 0 Å². The molecule has 0 aromatic rings. The van der Waals surface area contributed by atoms with Gasteiger partial charge in [0.25, 0.3) is 0 Å². The second-order valence-corrected chi connectivity index (χ2v) is 29.8. The van der Waals surface area contributed by atoms with E-state index in [9.17, 15) is 5.11 Å². The number of fused-ring (bicyclic) bond motifs is 1. The Hall–Kier alpha value is -0.286. The average molecular weight is 721 g/mol. The van der Waals surface area contributed by atoms with Crippen LogP contribution in [-0.2, 0) is 18.3 Å². The first-order chi connectivity index (χ1) is 22.3. The Balaban J connectivity index is 1.87. The summed E-state index contributed by atoms with van der Waals surface area (Å²) in [6.07, 6.45) is 16.7. The molecule has 3 rings (SSSR count). The van der Waals surface area contributed by atoms with Gasteiger partial charge in [-0.2, -0.15) is 0 Å². The number of ether oxygens (including phenoxy) is 2. The Bertz CT molecular complexity index is 1100. The van der Waals surface area contributed by atoms with Gasteiger partial charge in [0.1, 0.15) is 12.4 Å². The van der Waals surface area contributed by atoms with Gasteiger partial charge in [0.15, 0.2) is 16.6 Å². The number of allylic oxidation sites excluding steroid dienone is 3. The maximum absolute atomic E-state index is 12.5. The van der Waals surface area contributed by atoms with E-state index in [1.165, 1.54) is 50.5 Å². The Kier molecular flexibility index (Phi) is 14.1. The number of methoxy groups -OCH3 is 1. The summed E-state index contributed by atoms with van der Waals surface area (Å²) < 4.78 is 25.4. The first-order valence-corrected chi connectivity index (χ1v) is 25.7. The molecule has 0 bridgehead atoms. The van der Waals surface area contributed by atoms with E-state index in [1.807, 2.05) is 0 Å². The highest BCUT2D eigenvalue weighted by atomic mass is 28.4. The summed E-state index contributed by atoms with van der Waals surface area (Å²) in [5.41, 5.74) is 2.28. The van der Waals surface area contributed by atoms with Gasteiger partial charge in [-0.15, -0.1) is 0 Å². The van der Waals surface area contributed by atoms with Crippen LogP contribution in [0.4, 0.5) is 0 Å². The molecular formula is C42H80O5Si2. The lowest BCUT2D eigenvalue weighted by Crippen LogP contribution is -2.63. The van der Waals surface area contributed by atoms with E-state index in [0.717, 1.165) is 31.1 Å². The number of hydrogen-bond donors (Lipinski definition) is 1. The van der Waals surface area contributed by atoms with Crippen LogP contribution in [0, 0.1) is 23.2 Å². The lowest BCUT2D eigenvalue weighted by molar-refractivity contribution is -0.148. The maximum Gasteiger partial charge on any atom is 0.192 e. The van der Waals surface area contributed by atoms with Gasteiger partial charge >= 0.3 is 0 Å².